The van der Waals surface area contributed by atoms with Crippen LogP contribution in [0.2, 0.25) is 6.04 Å². The lowest BCUT2D eigenvalue weighted by Crippen LogP contribution is -2.07. The van der Waals surface area contributed by atoms with E-state index in [0.29, 0.717) is 30.8 Å². The lowest BCUT2D eigenvalue weighted by Gasteiger charge is -2.11. The second-order valence-corrected chi connectivity index (χ2v) is 16.6. The zero-order chi connectivity index (χ0) is 24.1. The minimum Gasteiger partial charge on any atom is -0.493 e. The van der Waals surface area contributed by atoms with Gasteiger partial charge in [0.1, 0.15) is 12.4 Å². The van der Waals surface area contributed by atoms with Gasteiger partial charge in [-0.1, -0.05) is 37.5 Å². The summed E-state index contributed by atoms with van der Waals surface area (Å²) >= 11 is 17.5. The zero-order valence-electron chi connectivity index (χ0n) is 18.8. The van der Waals surface area contributed by atoms with Crippen LogP contribution in [0.4, 0.5) is 0 Å². The number of ether oxygens (including phenoxy) is 4. The standard InChI is InChI=1S/C24H29Cl3O5Si/c1-29-22-13-9-20(17-23(22)30-2)18-32-21-11-7-19(8-12-21)10-14-24(28)31-15-5-3-4-6-16-33(25,26)27/h7-14,17H,3-6,15-16,18H2,1-2H3/b14-10+. The highest BCUT2D eigenvalue weighted by Crippen LogP contribution is 2.28. The van der Waals surface area contributed by atoms with Gasteiger partial charge in [0.2, 0.25) is 0 Å². The van der Waals surface area contributed by atoms with Crippen molar-refractivity contribution in [1.82, 2.24) is 0 Å². The fourth-order valence-electron chi connectivity index (χ4n) is 2.98. The largest absolute Gasteiger partial charge is 0.493 e. The van der Waals surface area contributed by atoms with E-state index >= 15 is 0 Å². The van der Waals surface area contributed by atoms with Crippen LogP contribution in [-0.2, 0) is 16.1 Å². The van der Waals surface area contributed by atoms with Crippen molar-refractivity contribution in [2.75, 3.05) is 20.8 Å². The minimum absolute atomic E-state index is 0.363. The number of methoxy groups -OCH3 is 2. The van der Waals surface area contributed by atoms with Crippen LogP contribution in [0.15, 0.2) is 48.5 Å². The number of benzene rings is 2. The summed E-state index contributed by atoms with van der Waals surface area (Å²) < 4.78 is 21.6. The van der Waals surface area contributed by atoms with Crippen molar-refractivity contribution in [2.45, 2.75) is 38.3 Å². The van der Waals surface area contributed by atoms with Gasteiger partial charge in [0.25, 0.3) is 0 Å². The maximum atomic E-state index is 11.9. The number of esters is 1. The quantitative estimate of drug-likeness (QED) is 0.0859. The Morgan fingerprint density at radius 3 is 2.27 bits per heavy atom. The number of halogens is 3. The molecule has 0 fully saturated rings. The molecule has 0 N–H and O–H groups in total. The van der Waals surface area contributed by atoms with E-state index in [9.17, 15) is 4.79 Å². The van der Waals surface area contributed by atoms with Crippen molar-refractivity contribution >= 4 is 51.3 Å². The van der Waals surface area contributed by atoms with Gasteiger partial charge < -0.3 is 18.9 Å². The molecule has 180 valence electrons. The van der Waals surface area contributed by atoms with Gasteiger partial charge in [-0.2, -0.15) is 0 Å². The molecule has 0 saturated carbocycles. The molecule has 5 nitrogen and oxygen atoms in total. The Bertz CT molecular complexity index is 898. The molecule has 0 radical (unpaired) electrons. The minimum atomic E-state index is -2.51. The van der Waals surface area contributed by atoms with E-state index in [0.717, 1.165) is 42.6 Å². The smallest absolute Gasteiger partial charge is 0.341 e. The third kappa shape index (κ3) is 11.2. The monoisotopic (exact) mass is 530 g/mol. The van der Waals surface area contributed by atoms with Gasteiger partial charge in [0.05, 0.1) is 20.8 Å². The molecule has 0 amide bonds. The number of hydrogen-bond donors (Lipinski definition) is 0. The molecule has 0 atom stereocenters. The van der Waals surface area contributed by atoms with Crippen LogP contribution in [-0.4, -0.2) is 32.8 Å². The van der Waals surface area contributed by atoms with E-state index in [-0.39, 0.29) is 5.97 Å². The number of carbonyl (C=O) groups is 1. The van der Waals surface area contributed by atoms with E-state index in [1.54, 1.807) is 20.3 Å². The van der Waals surface area contributed by atoms with Gasteiger partial charge in [-0.3, -0.25) is 0 Å². The molecule has 2 aromatic carbocycles. The van der Waals surface area contributed by atoms with Gasteiger partial charge in [-0.05, 0) is 53.9 Å². The molecule has 0 aromatic heterocycles. The molecule has 0 saturated heterocycles. The van der Waals surface area contributed by atoms with E-state index in [1.807, 2.05) is 42.5 Å². The summed E-state index contributed by atoms with van der Waals surface area (Å²) in [5.74, 6) is 1.70. The third-order valence-corrected chi connectivity index (χ3v) is 7.37. The van der Waals surface area contributed by atoms with E-state index in [1.165, 1.54) is 6.08 Å². The molecule has 0 spiro atoms. The SMILES string of the molecule is COc1ccc(COc2ccc(/C=C/C(=O)OCCCCCC[Si](Cl)(Cl)Cl)cc2)cc1OC. The molecule has 2 rings (SSSR count). The Morgan fingerprint density at radius 2 is 1.61 bits per heavy atom. The molecule has 0 aliphatic rings. The first-order chi connectivity index (χ1) is 15.8. The second-order valence-electron chi connectivity index (χ2n) is 7.33. The Labute approximate surface area is 210 Å². The summed E-state index contributed by atoms with van der Waals surface area (Å²) in [6.07, 6.45) is 6.74. The molecule has 0 unspecified atom stereocenters. The average molecular weight is 532 g/mol. The third-order valence-electron chi connectivity index (χ3n) is 4.74. The van der Waals surface area contributed by atoms with Gasteiger partial charge in [-0.25, -0.2) is 4.79 Å². The number of carbonyl (C=O) groups excluding carboxylic acids is 1. The van der Waals surface area contributed by atoms with Crippen molar-refractivity contribution in [2.24, 2.45) is 0 Å². The van der Waals surface area contributed by atoms with Gasteiger partial charge in [0.15, 0.2) is 11.5 Å². The van der Waals surface area contributed by atoms with Crippen LogP contribution in [0.3, 0.4) is 0 Å². The van der Waals surface area contributed by atoms with Crippen LogP contribution < -0.4 is 14.2 Å². The molecule has 9 heteroatoms. The summed E-state index contributed by atoms with van der Waals surface area (Å²) in [6, 6.07) is 11.3. The van der Waals surface area contributed by atoms with Gasteiger partial charge >= 0.3 is 12.0 Å². The highest BCUT2D eigenvalue weighted by Gasteiger charge is 2.23. The lowest BCUT2D eigenvalue weighted by atomic mass is 10.2. The topological polar surface area (TPSA) is 54.0 Å². The first-order valence-electron chi connectivity index (χ1n) is 10.7. The van der Waals surface area contributed by atoms with Crippen LogP contribution in [0.5, 0.6) is 17.2 Å². The van der Waals surface area contributed by atoms with Crippen LogP contribution in [0, 0.1) is 0 Å². The molecule has 0 heterocycles. The first kappa shape index (κ1) is 27.4. The average Bonchev–Trinajstić information content (AvgIpc) is 2.80. The molecule has 0 bridgehead atoms. The molecular weight excluding hydrogens is 503 g/mol. The number of hydrogen-bond acceptors (Lipinski definition) is 5. The van der Waals surface area contributed by atoms with Crippen molar-refractivity contribution in [3.63, 3.8) is 0 Å². The summed E-state index contributed by atoms with van der Waals surface area (Å²) in [4.78, 5) is 11.9. The highest BCUT2D eigenvalue weighted by molar-refractivity contribution is 7.64. The lowest BCUT2D eigenvalue weighted by molar-refractivity contribution is -0.137. The Morgan fingerprint density at radius 1 is 0.909 bits per heavy atom. The van der Waals surface area contributed by atoms with Gasteiger partial charge in [-0.15, -0.1) is 33.2 Å². The zero-order valence-corrected chi connectivity index (χ0v) is 22.1. The normalized spacial score (nSPS) is 11.4. The number of rotatable bonds is 14. The van der Waals surface area contributed by atoms with Crippen molar-refractivity contribution in [3.8, 4) is 17.2 Å². The maximum absolute atomic E-state index is 11.9. The Hall–Kier alpha value is -1.86. The summed E-state index contributed by atoms with van der Waals surface area (Å²) in [5, 5.41) is 0. The van der Waals surface area contributed by atoms with E-state index in [2.05, 4.69) is 0 Å². The maximum Gasteiger partial charge on any atom is 0.341 e. The number of unbranched alkanes of at least 4 members (excludes halogenated alkanes) is 3. The highest BCUT2D eigenvalue weighted by atomic mass is 35.8. The van der Waals surface area contributed by atoms with Crippen molar-refractivity contribution in [3.05, 3.63) is 59.7 Å². The molecule has 0 aliphatic heterocycles. The van der Waals surface area contributed by atoms with Crippen LogP contribution in [0.1, 0.15) is 36.8 Å². The summed E-state index contributed by atoms with van der Waals surface area (Å²) in [6.45, 7) is 0.783. The predicted octanol–water partition coefficient (Wildman–Crippen LogP) is 7.05. The summed E-state index contributed by atoms with van der Waals surface area (Å²) in [7, 11) is 3.20. The molecule has 0 aliphatic carbocycles. The van der Waals surface area contributed by atoms with E-state index < -0.39 is 6.00 Å². The van der Waals surface area contributed by atoms with E-state index in [4.69, 9.17) is 52.2 Å². The second kappa shape index (κ2) is 14.4. The Kier molecular flexibility index (Phi) is 12.0. The molecule has 33 heavy (non-hydrogen) atoms. The molecular formula is C24H29Cl3O5Si. The summed E-state index contributed by atoms with van der Waals surface area (Å²) in [5.41, 5.74) is 1.84. The van der Waals surface area contributed by atoms with Crippen LogP contribution >= 0.6 is 33.2 Å². The fraction of sp³-hybridized carbons (Fsp3) is 0.375. The molecule has 2 aromatic rings. The van der Waals surface area contributed by atoms with Gasteiger partial charge in [0, 0.05) is 6.08 Å². The van der Waals surface area contributed by atoms with Crippen molar-refractivity contribution < 1.29 is 23.7 Å². The van der Waals surface area contributed by atoms with Crippen molar-refractivity contribution in [1.29, 1.82) is 0 Å². The van der Waals surface area contributed by atoms with Crippen LogP contribution in [0.25, 0.3) is 6.08 Å². The fourth-order valence-corrected chi connectivity index (χ4v) is 4.83. The predicted molar refractivity (Wildman–Crippen MR) is 137 cm³/mol. The Balaban J connectivity index is 1.69. The first-order valence-corrected chi connectivity index (χ1v) is 15.9.